The van der Waals surface area contributed by atoms with Crippen molar-refractivity contribution in [1.82, 2.24) is 60.3 Å². The van der Waals surface area contributed by atoms with Crippen molar-refractivity contribution in [2.45, 2.75) is 64.4 Å². The van der Waals surface area contributed by atoms with E-state index >= 15 is 0 Å². The zero-order valence-electron chi connectivity index (χ0n) is 42.5. The van der Waals surface area contributed by atoms with Crippen molar-refractivity contribution in [2.75, 3.05) is 44.4 Å². The Kier molecular flexibility index (Phi) is 18.8. The van der Waals surface area contributed by atoms with Gasteiger partial charge in [0.15, 0.2) is 17.7 Å². The number of phosphoric ester groups is 3. The van der Waals surface area contributed by atoms with Gasteiger partial charge in [0.2, 0.25) is 22.8 Å². The third-order valence-corrected chi connectivity index (χ3v) is 16.1. The summed E-state index contributed by atoms with van der Waals surface area (Å²) in [4.78, 5) is 95.5. The number of hydrogen-bond donors (Lipinski definition) is 10. The highest BCUT2D eigenvalue weighted by molar-refractivity contribution is 8.14. The number of para-hydroxylation sites is 1. The molecule has 2 amide bonds. The van der Waals surface area contributed by atoms with Crippen molar-refractivity contribution in [3.05, 3.63) is 90.5 Å². The van der Waals surface area contributed by atoms with Crippen LogP contribution in [0.1, 0.15) is 49.3 Å². The minimum atomic E-state index is -5.62. The summed E-state index contributed by atoms with van der Waals surface area (Å²) < 4.78 is 70.6. The van der Waals surface area contributed by atoms with E-state index in [1.54, 1.807) is 18.2 Å². The fraction of sp³-hybridized carbons (Fsp3) is 0.378. The molecule has 3 aromatic carbocycles. The molecule has 7 unspecified atom stereocenters. The lowest BCUT2D eigenvalue weighted by Gasteiger charge is -2.30. The number of ether oxygens (including phenoxy) is 2. The van der Waals surface area contributed by atoms with Gasteiger partial charge in [-0.3, -0.25) is 37.1 Å². The first-order chi connectivity index (χ1) is 37.9. The normalized spacial score (nSPS) is 18.7. The van der Waals surface area contributed by atoms with E-state index in [0.29, 0.717) is 41.6 Å². The van der Waals surface area contributed by atoms with Gasteiger partial charge in [0.25, 0.3) is 6.01 Å². The molecule has 1 aliphatic heterocycles. The van der Waals surface area contributed by atoms with Gasteiger partial charge < -0.3 is 55.6 Å². The molecular formula is C45H54N13O18P3S. The fourth-order valence-corrected chi connectivity index (χ4v) is 11.8. The zero-order chi connectivity index (χ0) is 57.6. The number of imidazole rings is 2. The van der Waals surface area contributed by atoms with E-state index < -0.39 is 84.6 Å². The third kappa shape index (κ3) is 14.5. The fourth-order valence-electron chi connectivity index (χ4n) is 8.24. The molecule has 1 saturated heterocycles. The Balaban J connectivity index is 0.777. The number of hydrogen-bond acceptors (Lipinski definition) is 23. The van der Waals surface area contributed by atoms with Gasteiger partial charge in [0.05, 0.1) is 49.3 Å². The predicted molar refractivity (Wildman–Crippen MR) is 281 cm³/mol. The summed E-state index contributed by atoms with van der Waals surface area (Å²) in [5.41, 5.74) is 9.30. The number of rotatable bonds is 26. The molecule has 0 bridgehead atoms. The molecule has 80 heavy (non-hydrogen) atoms. The molecule has 4 aromatic heterocycles. The number of anilines is 1. The first-order valence-corrected chi connectivity index (χ1v) is 29.5. The Hall–Kier alpha value is -6.44. The summed E-state index contributed by atoms with van der Waals surface area (Å²) in [5.74, 6) is -0.914. The molecule has 5 heterocycles. The second-order valence-corrected chi connectivity index (χ2v) is 23.6. The van der Waals surface area contributed by atoms with Crippen LogP contribution in [0.4, 0.5) is 5.82 Å². The molecule has 0 spiro atoms. The Morgan fingerprint density at radius 2 is 1.68 bits per heavy atom. The predicted octanol–water partition coefficient (Wildman–Crippen LogP) is 2.62. The number of H-pyrrole nitrogens is 1. The highest BCUT2D eigenvalue weighted by Gasteiger charge is 2.50. The van der Waals surface area contributed by atoms with Crippen LogP contribution in [0.3, 0.4) is 0 Å². The van der Waals surface area contributed by atoms with Gasteiger partial charge in [-0.2, -0.15) is 14.5 Å². The lowest BCUT2D eigenvalue weighted by molar-refractivity contribution is -0.137. The molecule has 35 heteroatoms. The maximum Gasteiger partial charge on any atom is 0.481 e. The molecule has 0 aliphatic carbocycles. The number of nitrogens with two attached hydrogens (primary N) is 1. The highest BCUT2D eigenvalue weighted by atomic mass is 32.2. The van der Waals surface area contributed by atoms with E-state index in [1.165, 1.54) is 13.8 Å². The molecule has 7 atom stereocenters. The average Bonchev–Trinajstić information content (AvgIpc) is 4.24. The van der Waals surface area contributed by atoms with Gasteiger partial charge in [-0.15, -0.1) is 10.2 Å². The number of fused-ring (bicyclic) bond motifs is 2. The maximum absolute atomic E-state index is 13.7. The van der Waals surface area contributed by atoms with E-state index in [0.717, 1.165) is 51.2 Å². The van der Waals surface area contributed by atoms with Crippen LogP contribution in [0.5, 0.6) is 6.01 Å². The van der Waals surface area contributed by atoms with Crippen LogP contribution in [0.25, 0.3) is 44.7 Å². The van der Waals surface area contributed by atoms with Crippen LogP contribution < -0.4 is 21.1 Å². The number of nitrogens with zero attached hydrogens (tertiary/aromatic N) is 9. The first-order valence-electron chi connectivity index (χ1n) is 24.0. The van der Waals surface area contributed by atoms with E-state index in [2.05, 4.69) is 60.0 Å². The number of tetrazole rings is 1. The number of carbonyl (C=O) groups is 3. The molecular weight excluding hydrogens is 1140 g/mol. The van der Waals surface area contributed by atoms with Gasteiger partial charge in [-0.25, -0.2) is 28.6 Å². The first kappa shape index (κ1) is 59.7. The van der Waals surface area contributed by atoms with Crippen molar-refractivity contribution >= 4 is 80.2 Å². The molecule has 8 rings (SSSR count). The van der Waals surface area contributed by atoms with E-state index in [9.17, 15) is 57.9 Å². The smallest absolute Gasteiger partial charge is 0.465 e. The van der Waals surface area contributed by atoms with Crippen LogP contribution >= 0.6 is 35.2 Å². The lowest BCUT2D eigenvalue weighted by atomic mass is 9.87. The molecule has 7 aromatic rings. The third-order valence-electron chi connectivity index (χ3n) is 12.1. The maximum atomic E-state index is 13.7. The molecule has 11 N–H and O–H groups in total. The zero-order valence-corrected chi connectivity index (χ0v) is 46.0. The second kappa shape index (κ2) is 25.1. The monoisotopic (exact) mass is 1190 g/mol. The number of aliphatic hydroxyl groups is 2. The van der Waals surface area contributed by atoms with E-state index in [1.807, 2.05) is 60.0 Å². The van der Waals surface area contributed by atoms with Gasteiger partial charge in [0.1, 0.15) is 36.3 Å². The Bertz CT molecular complexity index is 3500. The van der Waals surface area contributed by atoms with Crippen LogP contribution in [0, 0.1) is 5.41 Å². The van der Waals surface area contributed by atoms with E-state index in [4.69, 9.17) is 24.3 Å². The minimum Gasteiger partial charge on any atom is -0.465 e. The number of phosphoric acid groups is 3. The SMILES string of the molecule is CCOc1nc2cccc(C(=O)SCCNC(=O)CCNC(=O)C(O)C(C)(C)COP(=O)(O)OP(=O)(O)OCC3OC(n4cnc5c(N)ncnc54)C(O)C3OP(=O)(O)O)c2n1Cc1ccc(-c2ccccc2-c2nn[nH]n2)cc1. The van der Waals surface area contributed by atoms with Crippen molar-refractivity contribution in [3.8, 4) is 28.5 Å². The van der Waals surface area contributed by atoms with Gasteiger partial charge >= 0.3 is 23.5 Å². The number of amides is 2. The molecule has 1 aliphatic rings. The topological polar surface area (TPSA) is 445 Å². The van der Waals surface area contributed by atoms with Crippen molar-refractivity contribution in [3.63, 3.8) is 0 Å². The van der Waals surface area contributed by atoms with Gasteiger partial charge in [-0.1, -0.05) is 80.2 Å². The Morgan fingerprint density at radius 1 is 0.938 bits per heavy atom. The number of thioether (sulfide) groups is 1. The van der Waals surface area contributed by atoms with E-state index in [-0.39, 0.29) is 47.4 Å². The number of nitrogens with one attached hydrogen (secondary N) is 3. The molecule has 31 nitrogen and oxygen atoms in total. The van der Waals surface area contributed by atoms with Crippen molar-refractivity contribution in [1.29, 1.82) is 0 Å². The lowest BCUT2D eigenvalue weighted by Crippen LogP contribution is -2.46. The quantitative estimate of drug-likeness (QED) is 0.0275. The van der Waals surface area contributed by atoms with Crippen LogP contribution in [0.15, 0.2) is 79.4 Å². The number of aliphatic hydroxyl groups excluding tert-OH is 2. The van der Waals surface area contributed by atoms with Gasteiger partial charge in [0, 0.05) is 36.2 Å². The molecule has 0 saturated carbocycles. The number of benzene rings is 3. The Labute approximate surface area is 457 Å². The summed E-state index contributed by atoms with van der Waals surface area (Å²) in [7, 11) is -16.5. The summed E-state index contributed by atoms with van der Waals surface area (Å²) in [6.07, 6.45) is -7.14. The van der Waals surface area contributed by atoms with Crippen LogP contribution in [-0.2, 0) is 52.4 Å². The summed E-state index contributed by atoms with van der Waals surface area (Å²) >= 11 is 0.977. The van der Waals surface area contributed by atoms with Crippen molar-refractivity contribution in [2.24, 2.45) is 5.41 Å². The largest absolute Gasteiger partial charge is 0.481 e. The molecule has 1 fully saturated rings. The molecule has 0 radical (unpaired) electrons. The average molecular weight is 1190 g/mol. The Morgan fingerprint density at radius 3 is 2.39 bits per heavy atom. The number of nitrogen functional groups attached to an aromatic ring is 1. The number of aromatic amines is 1. The number of aromatic nitrogens is 10. The van der Waals surface area contributed by atoms with Crippen LogP contribution in [-0.4, -0.2) is 159 Å². The van der Waals surface area contributed by atoms with Crippen LogP contribution in [0.2, 0.25) is 0 Å². The second-order valence-electron chi connectivity index (χ2n) is 18.3. The molecule has 428 valence electrons. The summed E-state index contributed by atoms with van der Waals surface area (Å²) in [5, 5.41) is 41.0. The summed E-state index contributed by atoms with van der Waals surface area (Å²) in [6.45, 7) is 2.73. The standard InChI is InChI=1S/C45H54N13O18P3S/c1-4-71-44-52-30-11-7-10-29(34(30)57(44)20-25-12-14-26(15-13-25)27-8-5-6-9-28(27)39-53-55-56-54-39)43(63)80-19-18-47-32(59)16-17-48-41(62)37(61)45(2,3)22-73-79(69,70)76-78(67,68)72-21-31-36(75-77(64,65)66)35(60)42(74-31)58-24-51-33-38(46)49-23-50-40(33)58/h5-15,23-24,31,35-37,42,60-61H,4,16-22H2,1-3H3,(H,47,59)(H,48,62)(H,67,68)(H,69,70)(H2,46,49,50)(H2,64,65,66)(H,53,54,55,56). The number of carbonyl (C=O) groups excluding carboxylic acids is 3. The summed E-state index contributed by atoms with van der Waals surface area (Å²) in [6, 6.07) is 21.1. The van der Waals surface area contributed by atoms with Gasteiger partial charge in [-0.05, 0) is 41.0 Å². The minimum absolute atomic E-state index is 0.0197. The van der Waals surface area contributed by atoms with Crippen molar-refractivity contribution < 1.29 is 85.2 Å². The highest BCUT2D eigenvalue weighted by Crippen LogP contribution is 2.61.